The highest BCUT2D eigenvalue weighted by Gasteiger charge is 2.28. The molecule has 2 rings (SSSR count). The van der Waals surface area contributed by atoms with E-state index in [1.165, 1.54) is 0 Å². The van der Waals surface area contributed by atoms with Gasteiger partial charge in [-0.3, -0.25) is 4.79 Å². The van der Waals surface area contributed by atoms with Crippen molar-refractivity contribution in [3.63, 3.8) is 0 Å². The molecule has 0 aliphatic rings. The van der Waals surface area contributed by atoms with Gasteiger partial charge in [-0.15, -0.1) is 0 Å². The highest BCUT2D eigenvalue weighted by Crippen LogP contribution is 2.28. The van der Waals surface area contributed by atoms with Gasteiger partial charge in [0.2, 0.25) is 0 Å². The fourth-order valence-corrected chi connectivity index (χ4v) is 3.28. The van der Waals surface area contributed by atoms with Crippen molar-refractivity contribution >= 4 is 17.6 Å². The van der Waals surface area contributed by atoms with E-state index in [9.17, 15) is 9.90 Å². The zero-order valence-corrected chi connectivity index (χ0v) is 18.4. The smallest absolute Gasteiger partial charge is 0.311 e. The highest BCUT2D eigenvalue weighted by molar-refractivity contribution is 6.31. The molecule has 2 aromatic rings. The average molecular weight is 423 g/mol. The van der Waals surface area contributed by atoms with Gasteiger partial charge in [0.25, 0.3) is 0 Å². The largest absolute Gasteiger partial charge is 0.494 e. The monoisotopic (exact) mass is 422 g/mol. The summed E-state index contributed by atoms with van der Waals surface area (Å²) in [5.74, 6) is 0.339. The molecule has 0 aliphatic heterocycles. The zero-order valence-electron chi connectivity index (χ0n) is 17.7. The van der Waals surface area contributed by atoms with Crippen LogP contribution in [0.3, 0.4) is 0 Å². The number of aryl methyl sites for hydroxylation is 1. The Morgan fingerprint density at radius 3 is 2.72 bits per heavy atom. The van der Waals surface area contributed by atoms with Crippen LogP contribution >= 0.6 is 11.6 Å². The minimum atomic E-state index is -1.02. The van der Waals surface area contributed by atoms with E-state index >= 15 is 0 Å². The molecule has 1 aromatic carbocycles. The van der Waals surface area contributed by atoms with E-state index in [-0.39, 0.29) is 6.61 Å². The van der Waals surface area contributed by atoms with Gasteiger partial charge in [-0.2, -0.15) is 0 Å². The van der Waals surface area contributed by atoms with E-state index in [1.54, 1.807) is 20.0 Å². The molecule has 29 heavy (non-hydrogen) atoms. The number of benzene rings is 1. The van der Waals surface area contributed by atoms with Crippen LogP contribution in [0, 0.1) is 12.8 Å². The van der Waals surface area contributed by atoms with Gasteiger partial charge in [0.15, 0.2) is 0 Å². The molecule has 0 spiro atoms. The van der Waals surface area contributed by atoms with Crippen LogP contribution in [0.4, 0.5) is 0 Å². The summed E-state index contributed by atoms with van der Waals surface area (Å²) in [7, 11) is 0. The topological polar surface area (TPSA) is 73.6 Å². The van der Waals surface area contributed by atoms with Gasteiger partial charge in [-0.25, -0.2) is 4.98 Å². The number of imidazole rings is 1. The van der Waals surface area contributed by atoms with Gasteiger partial charge in [-0.1, -0.05) is 37.4 Å². The van der Waals surface area contributed by atoms with Crippen molar-refractivity contribution in [2.75, 3.05) is 13.2 Å². The molecule has 1 heterocycles. The molecule has 0 aliphatic carbocycles. The number of ether oxygens (including phenoxy) is 2. The summed E-state index contributed by atoms with van der Waals surface area (Å²) in [5, 5.41) is 11.3. The summed E-state index contributed by atoms with van der Waals surface area (Å²) in [5.41, 5.74) is 1.44. The first-order valence-electron chi connectivity index (χ1n) is 10.2. The summed E-state index contributed by atoms with van der Waals surface area (Å²) >= 11 is 6.47. The molecule has 0 bridgehead atoms. The maximum absolute atomic E-state index is 12.0. The van der Waals surface area contributed by atoms with Crippen molar-refractivity contribution in [3.8, 4) is 5.75 Å². The summed E-state index contributed by atoms with van der Waals surface area (Å²) < 4.78 is 12.6. The molecule has 1 N–H and O–H groups in total. The average Bonchev–Trinajstić information content (AvgIpc) is 3.06. The van der Waals surface area contributed by atoms with E-state index in [4.69, 9.17) is 21.1 Å². The summed E-state index contributed by atoms with van der Waals surface area (Å²) in [6.45, 7) is 8.77. The standard InChI is InChI=1S/C22H31ClN2O4/c1-5-7-8-11-29-18-10-9-17(19(23)12-18)14-25-16(4)24-13-20(25)21(26)15(3)22(27)28-6-2/h9-10,12-13,15,21,26H,5-8,11,14H2,1-4H3. The maximum atomic E-state index is 12.0. The van der Waals surface area contributed by atoms with Crippen LogP contribution in [-0.4, -0.2) is 33.8 Å². The van der Waals surface area contributed by atoms with Crippen LogP contribution < -0.4 is 4.74 Å². The number of halogens is 1. The lowest BCUT2D eigenvalue weighted by molar-refractivity contribution is -0.151. The number of unbranched alkanes of at least 4 members (excludes halogenated alkanes) is 2. The molecule has 0 saturated heterocycles. The third-order valence-corrected chi connectivity index (χ3v) is 5.24. The number of hydrogen-bond acceptors (Lipinski definition) is 5. The molecular weight excluding hydrogens is 392 g/mol. The Morgan fingerprint density at radius 1 is 1.31 bits per heavy atom. The van der Waals surface area contributed by atoms with Gasteiger partial charge in [0.1, 0.15) is 17.7 Å². The Hall–Kier alpha value is -2.05. The SMILES string of the molecule is CCCCCOc1ccc(Cn2c(C(O)C(C)C(=O)OCC)cnc2C)c(Cl)c1. The van der Waals surface area contributed by atoms with Crippen molar-refractivity contribution in [1.29, 1.82) is 0 Å². The first-order valence-corrected chi connectivity index (χ1v) is 10.5. The van der Waals surface area contributed by atoms with E-state index in [0.29, 0.717) is 23.9 Å². The second-order valence-corrected chi connectivity index (χ2v) is 7.52. The van der Waals surface area contributed by atoms with E-state index in [2.05, 4.69) is 11.9 Å². The third kappa shape index (κ3) is 6.21. The molecule has 6 nitrogen and oxygen atoms in total. The molecule has 1 aromatic heterocycles. The molecule has 0 saturated carbocycles. The summed E-state index contributed by atoms with van der Waals surface area (Å²) in [4.78, 5) is 16.3. The van der Waals surface area contributed by atoms with E-state index < -0.39 is 18.0 Å². The number of aliphatic hydroxyl groups excluding tert-OH is 1. The molecule has 0 radical (unpaired) electrons. The van der Waals surface area contributed by atoms with Gasteiger partial charge in [0.05, 0.1) is 37.6 Å². The number of carbonyl (C=O) groups excluding carboxylic acids is 1. The lowest BCUT2D eigenvalue weighted by Crippen LogP contribution is -2.24. The van der Waals surface area contributed by atoms with E-state index in [0.717, 1.165) is 36.4 Å². The number of aliphatic hydroxyl groups is 1. The van der Waals surface area contributed by atoms with Crippen LogP contribution in [0.2, 0.25) is 5.02 Å². The van der Waals surface area contributed by atoms with Crippen LogP contribution in [0.15, 0.2) is 24.4 Å². The minimum Gasteiger partial charge on any atom is -0.494 e. The fourth-order valence-electron chi connectivity index (χ4n) is 3.04. The van der Waals surface area contributed by atoms with Crippen molar-refractivity contribution in [2.45, 2.75) is 59.6 Å². The first-order chi connectivity index (χ1) is 13.9. The van der Waals surface area contributed by atoms with Gasteiger partial charge < -0.3 is 19.1 Å². The number of aromatic nitrogens is 2. The van der Waals surface area contributed by atoms with Gasteiger partial charge >= 0.3 is 5.97 Å². The predicted molar refractivity (Wildman–Crippen MR) is 113 cm³/mol. The summed E-state index contributed by atoms with van der Waals surface area (Å²) in [6, 6.07) is 5.63. The minimum absolute atomic E-state index is 0.274. The Morgan fingerprint density at radius 2 is 2.07 bits per heavy atom. The number of nitrogens with zero attached hydrogens (tertiary/aromatic N) is 2. The van der Waals surface area contributed by atoms with Crippen molar-refractivity contribution in [3.05, 3.63) is 46.5 Å². The van der Waals surface area contributed by atoms with E-state index in [1.807, 2.05) is 29.7 Å². The molecule has 7 heteroatoms. The first kappa shape index (κ1) is 23.2. The highest BCUT2D eigenvalue weighted by atomic mass is 35.5. The second-order valence-electron chi connectivity index (χ2n) is 7.11. The Labute approximate surface area is 177 Å². The Bertz CT molecular complexity index is 806. The van der Waals surface area contributed by atoms with Crippen LogP contribution in [0.1, 0.15) is 63.2 Å². The molecule has 160 valence electrons. The molecular formula is C22H31ClN2O4. The Kier molecular flexibility index (Phi) is 8.99. The van der Waals surface area contributed by atoms with Crippen LogP contribution in [0.25, 0.3) is 0 Å². The van der Waals surface area contributed by atoms with Crippen molar-refractivity contribution in [2.24, 2.45) is 5.92 Å². The lowest BCUT2D eigenvalue weighted by atomic mass is 10.0. The molecule has 0 amide bonds. The molecule has 0 fully saturated rings. The quantitative estimate of drug-likeness (QED) is 0.420. The fraction of sp³-hybridized carbons (Fsp3) is 0.545. The number of carbonyl (C=O) groups is 1. The molecule has 2 atom stereocenters. The number of hydrogen-bond donors (Lipinski definition) is 1. The van der Waals surface area contributed by atoms with Crippen LogP contribution in [-0.2, 0) is 16.1 Å². The number of esters is 1. The molecule has 2 unspecified atom stereocenters. The van der Waals surface area contributed by atoms with Gasteiger partial charge in [0, 0.05) is 5.02 Å². The third-order valence-electron chi connectivity index (χ3n) is 4.89. The van der Waals surface area contributed by atoms with Crippen molar-refractivity contribution < 1.29 is 19.4 Å². The van der Waals surface area contributed by atoms with Crippen LogP contribution in [0.5, 0.6) is 5.75 Å². The normalized spacial score (nSPS) is 13.2. The number of rotatable bonds is 11. The predicted octanol–water partition coefficient (Wildman–Crippen LogP) is 4.69. The zero-order chi connectivity index (χ0) is 21.4. The summed E-state index contributed by atoms with van der Waals surface area (Å²) in [6.07, 6.45) is 3.88. The van der Waals surface area contributed by atoms with Gasteiger partial charge in [-0.05, 0) is 44.9 Å². The van der Waals surface area contributed by atoms with Crippen molar-refractivity contribution in [1.82, 2.24) is 9.55 Å². The Balaban J connectivity index is 2.14. The maximum Gasteiger partial charge on any atom is 0.311 e. The second kappa shape index (κ2) is 11.2. The lowest BCUT2D eigenvalue weighted by Gasteiger charge is -2.20.